The largest absolute Gasteiger partial charge is 0.381 e. The average Bonchev–Trinajstić information content (AvgIpc) is 2.69. The first kappa shape index (κ1) is 9.22. The van der Waals surface area contributed by atoms with E-state index in [9.17, 15) is 0 Å². The molecule has 13 heavy (non-hydrogen) atoms. The van der Waals surface area contributed by atoms with Gasteiger partial charge in [-0.05, 0) is 31.6 Å². The summed E-state index contributed by atoms with van der Waals surface area (Å²) in [4.78, 5) is 0. The maximum atomic E-state index is 5.34. The lowest BCUT2D eigenvalue weighted by atomic mass is 10.0. The smallest absolute Gasteiger partial charge is 0.0507 e. The molecule has 74 valence electrons. The number of ether oxygens (including phenoxy) is 1. The minimum absolute atomic E-state index is 0.727. The van der Waals surface area contributed by atoms with Crippen molar-refractivity contribution in [2.24, 2.45) is 5.92 Å². The molecule has 0 saturated carbocycles. The average molecular weight is 181 g/mol. The molecule has 1 aliphatic heterocycles. The monoisotopic (exact) mass is 181 g/mol. The van der Waals surface area contributed by atoms with Crippen LogP contribution in [0.15, 0.2) is 12.2 Å². The Morgan fingerprint density at radius 3 is 3.00 bits per heavy atom. The van der Waals surface area contributed by atoms with Gasteiger partial charge in [-0.15, -0.1) is 0 Å². The summed E-state index contributed by atoms with van der Waals surface area (Å²) in [6, 6.07) is 0.727. The fraction of sp³-hybridized carbons (Fsp3) is 0.818. The molecular formula is C11H19NO. The van der Waals surface area contributed by atoms with E-state index in [0.29, 0.717) is 0 Å². The molecule has 0 amide bonds. The molecule has 0 aromatic heterocycles. The van der Waals surface area contributed by atoms with Gasteiger partial charge in [-0.25, -0.2) is 0 Å². The minimum atomic E-state index is 0.727. The van der Waals surface area contributed by atoms with Crippen LogP contribution in [0.2, 0.25) is 0 Å². The van der Waals surface area contributed by atoms with E-state index in [-0.39, 0.29) is 0 Å². The highest BCUT2D eigenvalue weighted by Crippen LogP contribution is 2.14. The molecule has 1 N–H and O–H groups in total. The summed E-state index contributed by atoms with van der Waals surface area (Å²) in [5.74, 6) is 0.769. The fourth-order valence-electron chi connectivity index (χ4n) is 2.06. The second-order valence-corrected chi connectivity index (χ2v) is 4.12. The van der Waals surface area contributed by atoms with Crippen LogP contribution in [0.1, 0.15) is 25.7 Å². The van der Waals surface area contributed by atoms with E-state index in [1.165, 1.54) is 25.7 Å². The van der Waals surface area contributed by atoms with E-state index in [1.807, 2.05) is 0 Å². The summed E-state index contributed by atoms with van der Waals surface area (Å²) in [5, 5.41) is 3.63. The molecule has 2 unspecified atom stereocenters. The molecule has 2 nitrogen and oxygen atoms in total. The Bertz CT molecular complexity index is 173. The lowest BCUT2D eigenvalue weighted by Gasteiger charge is -2.21. The van der Waals surface area contributed by atoms with Crippen molar-refractivity contribution in [2.45, 2.75) is 31.7 Å². The van der Waals surface area contributed by atoms with Crippen molar-refractivity contribution in [1.29, 1.82) is 0 Å². The van der Waals surface area contributed by atoms with E-state index < -0.39 is 0 Å². The number of allylic oxidation sites excluding steroid dienone is 1. The topological polar surface area (TPSA) is 21.3 Å². The molecule has 1 aliphatic carbocycles. The quantitative estimate of drug-likeness (QED) is 0.669. The first-order chi connectivity index (χ1) is 6.45. The zero-order chi connectivity index (χ0) is 8.93. The Hall–Kier alpha value is -0.340. The van der Waals surface area contributed by atoms with Gasteiger partial charge in [0.1, 0.15) is 0 Å². The van der Waals surface area contributed by atoms with E-state index in [4.69, 9.17) is 4.74 Å². The Labute approximate surface area is 80.4 Å². The van der Waals surface area contributed by atoms with Crippen molar-refractivity contribution in [2.75, 3.05) is 19.8 Å². The first-order valence-electron chi connectivity index (χ1n) is 5.41. The second-order valence-electron chi connectivity index (χ2n) is 4.12. The van der Waals surface area contributed by atoms with Crippen LogP contribution in [-0.2, 0) is 4.74 Å². The maximum Gasteiger partial charge on any atom is 0.0507 e. The van der Waals surface area contributed by atoms with E-state index in [2.05, 4.69) is 17.5 Å². The van der Waals surface area contributed by atoms with Crippen LogP contribution in [-0.4, -0.2) is 25.8 Å². The van der Waals surface area contributed by atoms with Gasteiger partial charge in [0.2, 0.25) is 0 Å². The van der Waals surface area contributed by atoms with Gasteiger partial charge in [0.25, 0.3) is 0 Å². The van der Waals surface area contributed by atoms with Gasteiger partial charge < -0.3 is 10.1 Å². The molecule has 0 aromatic rings. The van der Waals surface area contributed by atoms with Gasteiger partial charge in [-0.3, -0.25) is 0 Å². The summed E-state index contributed by atoms with van der Waals surface area (Å²) >= 11 is 0. The van der Waals surface area contributed by atoms with E-state index in [0.717, 1.165) is 31.7 Å². The van der Waals surface area contributed by atoms with Gasteiger partial charge in [0, 0.05) is 19.2 Å². The third kappa shape index (κ3) is 2.82. The molecule has 0 bridgehead atoms. The number of rotatable bonds is 3. The van der Waals surface area contributed by atoms with Crippen LogP contribution in [0.25, 0.3) is 0 Å². The van der Waals surface area contributed by atoms with Crippen LogP contribution in [0, 0.1) is 5.92 Å². The third-order valence-electron chi connectivity index (χ3n) is 2.99. The highest BCUT2D eigenvalue weighted by molar-refractivity contribution is 4.93. The zero-order valence-corrected chi connectivity index (χ0v) is 8.17. The van der Waals surface area contributed by atoms with Gasteiger partial charge >= 0.3 is 0 Å². The number of nitrogens with one attached hydrogen (secondary N) is 1. The van der Waals surface area contributed by atoms with Crippen molar-refractivity contribution in [3.05, 3.63) is 12.2 Å². The third-order valence-corrected chi connectivity index (χ3v) is 2.99. The summed E-state index contributed by atoms with van der Waals surface area (Å²) < 4.78 is 5.34. The Balaban J connectivity index is 1.63. The predicted octanol–water partition coefficient (Wildman–Crippen LogP) is 1.72. The summed E-state index contributed by atoms with van der Waals surface area (Å²) in [7, 11) is 0. The van der Waals surface area contributed by atoms with Crippen LogP contribution in [0.5, 0.6) is 0 Å². The van der Waals surface area contributed by atoms with Crippen molar-refractivity contribution in [3.63, 3.8) is 0 Å². The van der Waals surface area contributed by atoms with Crippen LogP contribution >= 0.6 is 0 Å². The molecule has 2 atom stereocenters. The minimum Gasteiger partial charge on any atom is -0.381 e. The first-order valence-corrected chi connectivity index (χ1v) is 5.41. The number of hydrogen-bond acceptors (Lipinski definition) is 2. The molecule has 2 heteroatoms. The fourth-order valence-corrected chi connectivity index (χ4v) is 2.06. The Kier molecular flexibility index (Phi) is 3.39. The van der Waals surface area contributed by atoms with Gasteiger partial charge in [0.15, 0.2) is 0 Å². The SMILES string of the molecule is C1=CCC(NCC2CCOC2)CC1. The summed E-state index contributed by atoms with van der Waals surface area (Å²) in [6.07, 6.45) is 9.61. The van der Waals surface area contributed by atoms with Crippen molar-refractivity contribution in [1.82, 2.24) is 5.32 Å². The highest BCUT2D eigenvalue weighted by Gasteiger charge is 2.17. The molecule has 0 radical (unpaired) electrons. The molecule has 1 heterocycles. The molecule has 1 saturated heterocycles. The zero-order valence-electron chi connectivity index (χ0n) is 8.17. The Morgan fingerprint density at radius 2 is 2.31 bits per heavy atom. The van der Waals surface area contributed by atoms with Crippen LogP contribution in [0.4, 0.5) is 0 Å². The lowest BCUT2D eigenvalue weighted by Crippen LogP contribution is -2.34. The molecule has 1 fully saturated rings. The van der Waals surface area contributed by atoms with Crippen molar-refractivity contribution in [3.8, 4) is 0 Å². The van der Waals surface area contributed by atoms with Gasteiger partial charge in [0.05, 0.1) is 6.61 Å². The maximum absolute atomic E-state index is 5.34. The van der Waals surface area contributed by atoms with E-state index >= 15 is 0 Å². The molecule has 0 spiro atoms. The lowest BCUT2D eigenvalue weighted by molar-refractivity contribution is 0.184. The number of hydrogen-bond donors (Lipinski definition) is 1. The van der Waals surface area contributed by atoms with Crippen LogP contribution in [0.3, 0.4) is 0 Å². The molecule has 0 aromatic carbocycles. The predicted molar refractivity (Wildman–Crippen MR) is 53.7 cm³/mol. The second kappa shape index (κ2) is 4.77. The summed E-state index contributed by atoms with van der Waals surface area (Å²) in [5.41, 5.74) is 0. The molecule has 2 aliphatic rings. The van der Waals surface area contributed by atoms with Crippen molar-refractivity contribution < 1.29 is 4.74 Å². The normalized spacial score (nSPS) is 33.8. The molecule has 2 rings (SSSR count). The highest BCUT2D eigenvalue weighted by atomic mass is 16.5. The standard InChI is InChI=1S/C11H19NO/c1-2-4-11(5-3-1)12-8-10-6-7-13-9-10/h1-2,10-12H,3-9H2. The van der Waals surface area contributed by atoms with Gasteiger partial charge in [-0.1, -0.05) is 12.2 Å². The van der Waals surface area contributed by atoms with Gasteiger partial charge in [-0.2, -0.15) is 0 Å². The molecular weight excluding hydrogens is 162 g/mol. The van der Waals surface area contributed by atoms with E-state index in [1.54, 1.807) is 0 Å². The Morgan fingerprint density at radius 1 is 1.31 bits per heavy atom. The van der Waals surface area contributed by atoms with Crippen LogP contribution < -0.4 is 5.32 Å². The van der Waals surface area contributed by atoms with Crippen molar-refractivity contribution >= 4 is 0 Å². The summed E-state index contributed by atoms with van der Waals surface area (Å²) in [6.45, 7) is 3.09.